The first-order valence-corrected chi connectivity index (χ1v) is 7.10. The second kappa shape index (κ2) is 5.56. The number of esters is 1. The van der Waals surface area contributed by atoms with E-state index in [0.717, 1.165) is 28.9 Å². The summed E-state index contributed by atoms with van der Waals surface area (Å²) in [6.45, 7) is 4.07. The van der Waals surface area contributed by atoms with Crippen molar-refractivity contribution in [2.75, 3.05) is 6.61 Å². The highest BCUT2D eigenvalue weighted by molar-refractivity contribution is 5.78. The molecule has 4 nitrogen and oxygen atoms in total. The fourth-order valence-electron chi connectivity index (χ4n) is 2.47. The quantitative estimate of drug-likeness (QED) is 0.691. The van der Waals surface area contributed by atoms with Crippen molar-refractivity contribution in [2.24, 2.45) is 0 Å². The van der Waals surface area contributed by atoms with Crippen LogP contribution in [0.25, 0.3) is 0 Å². The lowest BCUT2D eigenvalue weighted by Crippen LogP contribution is -2.14. The van der Waals surface area contributed by atoms with E-state index in [2.05, 4.69) is 4.98 Å². The first-order valence-electron chi connectivity index (χ1n) is 7.10. The summed E-state index contributed by atoms with van der Waals surface area (Å²) in [5.41, 5.74) is 3.08. The molecule has 0 fully saturated rings. The van der Waals surface area contributed by atoms with E-state index in [-0.39, 0.29) is 11.9 Å². The zero-order chi connectivity index (χ0) is 14.8. The Labute approximate surface area is 123 Å². The van der Waals surface area contributed by atoms with Crippen LogP contribution in [-0.2, 0) is 16.0 Å². The van der Waals surface area contributed by atoms with Crippen LogP contribution in [0.15, 0.2) is 36.5 Å². The fraction of sp³-hybridized carbons (Fsp3) is 0.294. The topological polar surface area (TPSA) is 48.4 Å². The molecule has 1 aliphatic heterocycles. The number of hydrogen-bond acceptors (Lipinski definition) is 4. The molecule has 108 valence electrons. The molecule has 1 unspecified atom stereocenters. The molecule has 4 heteroatoms. The lowest BCUT2D eigenvalue weighted by atomic mass is 9.95. The number of nitrogens with zero attached hydrogens (tertiary/aromatic N) is 1. The average molecular weight is 283 g/mol. The van der Waals surface area contributed by atoms with E-state index in [1.54, 1.807) is 6.20 Å². The van der Waals surface area contributed by atoms with Crippen molar-refractivity contribution in [1.29, 1.82) is 0 Å². The van der Waals surface area contributed by atoms with E-state index in [0.29, 0.717) is 12.5 Å². The molecule has 0 bridgehead atoms. The molecule has 1 aromatic heterocycles. The zero-order valence-electron chi connectivity index (χ0n) is 12.1. The second-order valence-corrected chi connectivity index (χ2v) is 5.09. The molecule has 1 atom stereocenters. The lowest BCUT2D eigenvalue weighted by Gasteiger charge is -2.20. The molecule has 0 spiro atoms. The summed E-state index contributed by atoms with van der Waals surface area (Å²) < 4.78 is 10.9. The third-order valence-corrected chi connectivity index (χ3v) is 3.66. The van der Waals surface area contributed by atoms with Gasteiger partial charge < -0.3 is 9.47 Å². The van der Waals surface area contributed by atoms with E-state index in [1.807, 2.05) is 44.2 Å². The monoisotopic (exact) mass is 283 g/mol. The zero-order valence-corrected chi connectivity index (χ0v) is 12.1. The van der Waals surface area contributed by atoms with E-state index in [1.165, 1.54) is 0 Å². The SMILES string of the molecule is CCOC(=O)C(C)c1ccc2c(c1)Cc1cccnc1O2. The minimum atomic E-state index is -0.273. The summed E-state index contributed by atoms with van der Waals surface area (Å²) in [4.78, 5) is 16.1. The number of hydrogen-bond donors (Lipinski definition) is 0. The van der Waals surface area contributed by atoms with E-state index in [4.69, 9.17) is 9.47 Å². The van der Waals surface area contributed by atoms with Crippen molar-refractivity contribution in [1.82, 2.24) is 4.98 Å². The third kappa shape index (κ3) is 2.61. The molecular weight excluding hydrogens is 266 g/mol. The summed E-state index contributed by atoms with van der Waals surface area (Å²) in [6, 6.07) is 9.74. The van der Waals surface area contributed by atoms with Crippen LogP contribution in [0.4, 0.5) is 0 Å². The van der Waals surface area contributed by atoms with Gasteiger partial charge in [-0.1, -0.05) is 18.2 Å². The van der Waals surface area contributed by atoms with Gasteiger partial charge in [0.1, 0.15) is 5.75 Å². The molecule has 2 aromatic rings. The van der Waals surface area contributed by atoms with Gasteiger partial charge in [0.05, 0.1) is 12.5 Å². The van der Waals surface area contributed by atoms with Crippen LogP contribution in [0.3, 0.4) is 0 Å². The molecule has 0 amide bonds. The van der Waals surface area contributed by atoms with Crippen molar-refractivity contribution >= 4 is 5.97 Å². The number of pyridine rings is 1. The highest BCUT2D eigenvalue weighted by Gasteiger charge is 2.21. The molecule has 1 aromatic carbocycles. The van der Waals surface area contributed by atoms with Crippen molar-refractivity contribution in [3.8, 4) is 11.6 Å². The molecule has 1 aliphatic rings. The maximum atomic E-state index is 11.8. The summed E-state index contributed by atoms with van der Waals surface area (Å²) in [5.74, 6) is 0.999. The van der Waals surface area contributed by atoms with Crippen molar-refractivity contribution in [3.63, 3.8) is 0 Å². The largest absolute Gasteiger partial charge is 0.466 e. The Morgan fingerprint density at radius 3 is 3.05 bits per heavy atom. The van der Waals surface area contributed by atoms with Crippen molar-refractivity contribution in [3.05, 3.63) is 53.2 Å². The predicted molar refractivity (Wildman–Crippen MR) is 78.6 cm³/mol. The number of aromatic nitrogens is 1. The molecule has 0 N–H and O–H groups in total. The number of benzene rings is 1. The van der Waals surface area contributed by atoms with Gasteiger partial charge in [-0.2, -0.15) is 0 Å². The summed E-state index contributed by atoms with van der Waals surface area (Å²) >= 11 is 0. The van der Waals surface area contributed by atoms with E-state index < -0.39 is 0 Å². The Hall–Kier alpha value is -2.36. The Kier molecular flexibility index (Phi) is 3.60. The molecule has 21 heavy (non-hydrogen) atoms. The van der Waals surface area contributed by atoms with Gasteiger partial charge in [-0.05, 0) is 37.1 Å². The van der Waals surface area contributed by atoms with Gasteiger partial charge in [0, 0.05) is 18.2 Å². The minimum absolute atomic E-state index is 0.198. The average Bonchev–Trinajstić information content (AvgIpc) is 2.51. The molecule has 3 rings (SSSR count). The van der Waals surface area contributed by atoms with Gasteiger partial charge in [-0.3, -0.25) is 4.79 Å². The Balaban J connectivity index is 1.88. The lowest BCUT2D eigenvalue weighted by molar-refractivity contribution is -0.144. The van der Waals surface area contributed by atoms with Crippen LogP contribution in [0.1, 0.15) is 36.5 Å². The maximum absolute atomic E-state index is 11.8. The number of rotatable bonds is 3. The Morgan fingerprint density at radius 1 is 1.38 bits per heavy atom. The molecule has 2 heterocycles. The van der Waals surface area contributed by atoms with Gasteiger partial charge in [-0.25, -0.2) is 4.98 Å². The summed E-state index contributed by atoms with van der Waals surface area (Å²) in [5, 5.41) is 0. The van der Waals surface area contributed by atoms with Crippen molar-refractivity contribution in [2.45, 2.75) is 26.2 Å². The van der Waals surface area contributed by atoms with Gasteiger partial charge in [0.25, 0.3) is 0 Å². The van der Waals surface area contributed by atoms with Gasteiger partial charge in [0.2, 0.25) is 5.88 Å². The smallest absolute Gasteiger partial charge is 0.313 e. The second-order valence-electron chi connectivity index (χ2n) is 5.09. The Morgan fingerprint density at radius 2 is 2.24 bits per heavy atom. The van der Waals surface area contributed by atoms with Gasteiger partial charge in [0.15, 0.2) is 0 Å². The minimum Gasteiger partial charge on any atom is -0.466 e. The molecule has 0 saturated carbocycles. The number of carbonyl (C=O) groups excluding carboxylic acids is 1. The normalized spacial score (nSPS) is 13.6. The number of carbonyl (C=O) groups is 1. The predicted octanol–water partition coefficient (Wildman–Crippen LogP) is 3.44. The molecule has 0 saturated heterocycles. The summed E-state index contributed by atoms with van der Waals surface area (Å²) in [7, 11) is 0. The number of fused-ring (bicyclic) bond motifs is 2. The van der Waals surface area contributed by atoms with Crippen LogP contribution >= 0.6 is 0 Å². The Bertz CT molecular complexity index is 681. The van der Waals surface area contributed by atoms with Crippen molar-refractivity contribution < 1.29 is 14.3 Å². The molecular formula is C17H17NO3. The molecule has 0 aliphatic carbocycles. The van der Waals surface area contributed by atoms with Crippen LogP contribution in [0.2, 0.25) is 0 Å². The third-order valence-electron chi connectivity index (χ3n) is 3.66. The fourth-order valence-corrected chi connectivity index (χ4v) is 2.47. The van der Waals surface area contributed by atoms with Crippen LogP contribution in [0.5, 0.6) is 11.6 Å². The first-order chi connectivity index (χ1) is 10.2. The molecule has 0 radical (unpaired) electrons. The first kappa shape index (κ1) is 13.6. The van der Waals surface area contributed by atoms with Crippen LogP contribution in [0, 0.1) is 0 Å². The van der Waals surface area contributed by atoms with Gasteiger partial charge >= 0.3 is 5.97 Å². The van der Waals surface area contributed by atoms with E-state index in [9.17, 15) is 4.79 Å². The van der Waals surface area contributed by atoms with E-state index >= 15 is 0 Å². The number of ether oxygens (including phenoxy) is 2. The highest BCUT2D eigenvalue weighted by atomic mass is 16.5. The maximum Gasteiger partial charge on any atom is 0.313 e. The van der Waals surface area contributed by atoms with Crippen LogP contribution < -0.4 is 4.74 Å². The highest BCUT2D eigenvalue weighted by Crippen LogP contribution is 2.36. The van der Waals surface area contributed by atoms with Gasteiger partial charge in [-0.15, -0.1) is 0 Å². The summed E-state index contributed by atoms with van der Waals surface area (Å²) in [6.07, 6.45) is 2.49. The van der Waals surface area contributed by atoms with Crippen LogP contribution in [-0.4, -0.2) is 17.6 Å². The standard InChI is InChI=1S/C17H17NO3/c1-3-20-17(19)11(2)12-6-7-15-14(9-12)10-13-5-4-8-18-16(13)21-15/h4-9,11H,3,10H2,1-2H3.